The molecule has 1 aromatic heterocycles. The molecular formula is C13H13BrN4OS. The molecule has 20 heavy (non-hydrogen) atoms. The zero-order valence-corrected chi connectivity index (χ0v) is 13.2. The van der Waals surface area contributed by atoms with E-state index in [4.69, 9.17) is 5.73 Å². The van der Waals surface area contributed by atoms with Crippen molar-refractivity contribution in [3.8, 4) is 0 Å². The standard InChI is InChI=1S/C13H13BrN4OS/c1-8-4-5-16-13(17-8)20-7-12(19)18-11-3-2-9(15)6-10(11)14/h2-6H,7,15H2,1H3,(H,18,19). The molecule has 7 heteroatoms. The van der Waals surface area contributed by atoms with Gasteiger partial charge in [-0.05, 0) is 47.1 Å². The Balaban J connectivity index is 1.92. The number of aromatic nitrogens is 2. The first-order valence-corrected chi connectivity index (χ1v) is 7.60. The molecule has 0 spiro atoms. The van der Waals surface area contributed by atoms with Gasteiger partial charge in [0.25, 0.3) is 0 Å². The number of anilines is 2. The van der Waals surface area contributed by atoms with E-state index in [1.165, 1.54) is 11.8 Å². The molecule has 1 aromatic carbocycles. The van der Waals surface area contributed by atoms with Gasteiger partial charge in [0.1, 0.15) is 0 Å². The van der Waals surface area contributed by atoms with Gasteiger partial charge in [-0.1, -0.05) is 11.8 Å². The van der Waals surface area contributed by atoms with E-state index in [1.807, 2.05) is 13.0 Å². The van der Waals surface area contributed by atoms with Crippen LogP contribution in [0.15, 0.2) is 40.1 Å². The number of nitrogens with zero attached hydrogens (tertiary/aromatic N) is 2. The third kappa shape index (κ3) is 4.21. The van der Waals surface area contributed by atoms with Crippen molar-refractivity contribution >= 4 is 45.0 Å². The number of carbonyl (C=O) groups is 1. The summed E-state index contributed by atoms with van der Waals surface area (Å²) < 4.78 is 0.752. The quantitative estimate of drug-likeness (QED) is 0.502. The second-order valence-corrected chi connectivity index (χ2v) is 5.85. The van der Waals surface area contributed by atoms with Crippen molar-refractivity contribution in [2.45, 2.75) is 12.1 Å². The van der Waals surface area contributed by atoms with Crippen LogP contribution < -0.4 is 11.1 Å². The van der Waals surface area contributed by atoms with E-state index < -0.39 is 0 Å². The van der Waals surface area contributed by atoms with Crippen LogP contribution >= 0.6 is 27.7 Å². The summed E-state index contributed by atoms with van der Waals surface area (Å²) in [5.41, 5.74) is 7.85. The molecule has 1 amide bonds. The molecule has 0 unspecified atom stereocenters. The first-order valence-electron chi connectivity index (χ1n) is 5.82. The average Bonchev–Trinajstić information content (AvgIpc) is 2.40. The third-order valence-electron chi connectivity index (χ3n) is 2.37. The van der Waals surface area contributed by atoms with E-state index in [0.717, 1.165) is 10.2 Å². The average molecular weight is 353 g/mol. The Morgan fingerprint density at radius 1 is 1.45 bits per heavy atom. The first kappa shape index (κ1) is 14.8. The van der Waals surface area contributed by atoms with Crippen LogP contribution in [0.3, 0.4) is 0 Å². The molecule has 0 aliphatic rings. The number of amides is 1. The van der Waals surface area contributed by atoms with E-state index in [9.17, 15) is 4.79 Å². The fourth-order valence-electron chi connectivity index (χ4n) is 1.44. The molecule has 0 fully saturated rings. The number of hydrogen-bond acceptors (Lipinski definition) is 5. The Kier molecular flexibility index (Phi) is 4.97. The molecular weight excluding hydrogens is 340 g/mol. The van der Waals surface area contributed by atoms with Crippen LogP contribution in [-0.4, -0.2) is 21.6 Å². The molecule has 5 nitrogen and oxygen atoms in total. The molecule has 104 valence electrons. The van der Waals surface area contributed by atoms with Gasteiger partial charge in [-0.25, -0.2) is 9.97 Å². The molecule has 2 aromatic rings. The van der Waals surface area contributed by atoms with Gasteiger partial charge in [-0.15, -0.1) is 0 Å². The molecule has 0 saturated carbocycles. The minimum Gasteiger partial charge on any atom is -0.399 e. The number of nitrogens with one attached hydrogen (secondary N) is 1. The van der Waals surface area contributed by atoms with Crippen LogP contribution in [-0.2, 0) is 4.79 Å². The number of halogens is 1. The lowest BCUT2D eigenvalue weighted by molar-refractivity contribution is -0.113. The van der Waals surface area contributed by atoms with Gasteiger partial charge in [0.2, 0.25) is 5.91 Å². The highest BCUT2D eigenvalue weighted by molar-refractivity contribution is 9.10. The van der Waals surface area contributed by atoms with E-state index in [0.29, 0.717) is 16.5 Å². The predicted octanol–water partition coefficient (Wildman–Crippen LogP) is 2.86. The summed E-state index contributed by atoms with van der Waals surface area (Å²) in [7, 11) is 0. The molecule has 3 N–H and O–H groups in total. The number of carbonyl (C=O) groups excluding carboxylic acids is 1. The number of aryl methyl sites for hydroxylation is 1. The fourth-order valence-corrected chi connectivity index (χ4v) is 2.62. The third-order valence-corrected chi connectivity index (χ3v) is 3.89. The number of benzene rings is 1. The summed E-state index contributed by atoms with van der Waals surface area (Å²) in [6.07, 6.45) is 1.68. The normalized spacial score (nSPS) is 10.3. The number of thioether (sulfide) groups is 1. The topological polar surface area (TPSA) is 80.9 Å². The minimum atomic E-state index is -0.120. The number of hydrogen-bond donors (Lipinski definition) is 2. The van der Waals surface area contributed by atoms with Gasteiger partial charge in [0.05, 0.1) is 11.4 Å². The summed E-state index contributed by atoms with van der Waals surface area (Å²) in [6.45, 7) is 1.89. The Morgan fingerprint density at radius 2 is 2.25 bits per heavy atom. The van der Waals surface area contributed by atoms with E-state index in [-0.39, 0.29) is 11.7 Å². The van der Waals surface area contributed by atoms with Crippen LogP contribution in [0, 0.1) is 6.92 Å². The van der Waals surface area contributed by atoms with Crippen molar-refractivity contribution < 1.29 is 4.79 Å². The highest BCUT2D eigenvalue weighted by Gasteiger charge is 2.08. The summed E-state index contributed by atoms with van der Waals surface area (Å²) in [5.74, 6) is 0.130. The van der Waals surface area contributed by atoms with Gasteiger partial charge in [0.15, 0.2) is 5.16 Å². The zero-order chi connectivity index (χ0) is 14.5. The summed E-state index contributed by atoms with van der Waals surface area (Å²) in [6, 6.07) is 7.05. The molecule has 2 rings (SSSR count). The first-order chi connectivity index (χ1) is 9.54. The smallest absolute Gasteiger partial charge is 0.234 e. The maximum atomic E-state index is 11.9. The van der Waals surface area contributed by atoms with Crippen LogP contribution in [0.1, 0.15) is 5.69 Å². The van der Waals surface area contributed by atoms with E-state index in [2.05, 4.69) is 31.2 Å². The fraction of sp³-hybridized carbons (Fsp3) is 0.154. The summed E-state index contributed by atoms with van der Waals surface area (Å²) in [5, 5.41) is 3.40. The Morgan fingerprint density at radius 3 is 2.95 bits per heavy atom. The Bertz CT molecular complexity index is 636. The largest absolute Gasteiger partial charge is 0.399 e. The van der Waals surface area contributed by atoms with Crippen molar-refractivity contribution in [2.24, 2.45) is 0 Å². The molecule has 0 atom stereocenters. The second kappa shape index (κ2) is 6.71. The number of rotatable bonds is 4. The van der Waals surface area contributed by atoms with Crippen molar-refractivity contribution in [1.29, 1.82) is 0 Å². The van der Waals surface area contributed by atoms with Gasteiger partial charge in [0, 0.05) is 22.1 Å². The van der Waals surface area contributed by atoms with Gasteiger partial charge in [-0.2, -0.15) is 0 Å². The van der Waals surface area contributed by atoms with Crippen LogP contribution in [0.4, 0.5) is 11.4 Å². The van der Waals surface area contributed by atoms with Crippen LogP contribution in [0.25, 0.3) is 0 Å². The summed E-state index contributed by atoms with van der Waals surface area (Å²) in [4.78, 5) is 20.2. The highest BCUT2D eigenvalue weighted by atomic mass is 79.9. The monoisotopic (exact) mass is 352 g/mol. The SMILES string of the molecule is Cc1ccnc(SCC(=O)Nc2ccc(N)cc2Br)n1. The molecule has 0 aliphatic carbocycles. The molecule has 1 heterocycles. The lowest BCUT2D eigenvalue weighted by atomic mass is 10.3. The molecule has 0 radical (unpaired) electrons. The number of nitrogens with two attached hydrogens (primary N) is 1. The molecule has 0 aliphatic heterocycles. The lowest BCUT2D eigenvalue weighted by Crippen LogP contribution is -2.14. The maximum Gasteiger partial charge on any atom is 0.234 e. The molecule has 0 saturated heterocycles. The Labute approximate surface area is 129 Å². The van der Waals surface area contributed by atoms with Crippen molar-refractivity contribution in [3.05, 3.63) is 40.6 Å². The second-order valence-electron chi connectivity index (χ2n) is 4.06. The highest BCUT2D eigenvalue weighted by Crippen LogP contribution is 2.25. The van der Waals surface area contributed by atoms with Crippen LogP contribution in [0.2, 0.25) is 0 Å². The van der Waals surface area contributed by atoms with Gasteiger partial charge < -0.3 is 11.1 Å². The van der Waals surface area contributed by atoms with Crippen molar-refractivity contribution in [2.75, 3.05) is 16.8 Å². The molecule has 0 bridgehead atoms. The maximum absolute atomic E-state index is 11.9. The van der Waals surface area contributed by atoms with Gasteiger partial charge in [-0.3, -0.25) is 4.79 Å². The Hall–Kier alpha value is -1.60. The number of nitrogen functional groups attached to an aromatic ring is 1. The van der Waals surface area contributed by atoms with E-state index >= 15 is 0 Å². The van der Waals surface area contributed by atoms with Crippen LogP contribution in [0.5, 0.6) is 0 Å². The van der Waals surface area contributed by atoms with E-state index in [1.54, 1.807) is 24.4 Å². The lowest BCUT2D eigenvalue weighted by Gasteiger charge is -2.07. The summed E-state index contributed by atoms with van der Waals surface area (Å²) >= 11 is 4.65. The van der Waals surface area contributed by atoms with Crippen molar-refractivity contribution in [1.82, 2.24) is 9.97 Å². The van der Waals surface area contributed by atoms with Gasteiger partial charge >= 0.3 is 0 Å². The minimum absolute atomic E-state index is 0.120. The van der Waals surface area contributed by atoms with Crippen molar-refractivity contribution in [3.63, 3.8) is 0 Å². The predicted molar refractivity (Wildman–Crippen MR) is 84.7 cm³/mol. The zero-order valence-electron chi connectivity index (χ0n) is 10.8.